The van der Waals surface area contributed by atoms with E-state index in [0.29, 0.717) is 11.3 Å². The lowest BCUT2D eigenvalue weighted by Crippen LogP contribution is -2.21. The van der Waals surface area contributed by atoms with Gasteiger partial charge in [-0.1, -0.05) is 13.8 Å². The van der Waals surface area contributed by atoms with Crippen LogP contribution in [-0.2, 0) is 0 Å². The van der Waals surface area contributed by atoms with E-state index in [1.807, 2.05) is 20.8 Å². The molecule has 0 bridgehead atoms. The van der Waals surface area contributed by atoms with Crippen molar-refractivity contribution in [2.75, 3.05) is 10.6 Å². The van der Waals surface area contributed by atoms with Crippen molar-refractivity contribution in [3.63, 3.8) is 0 Å². The van der Waals surface area contributed by atoms with Gasteiger partial charge in [-0.2, -0.15) is 19.1 Å². The highest BCUT2D eigenvalue weighted by Gasteiger charge is 2.17. The fourth-order valence-electron chi connectivity index (χ4n) is 2.80. The minimum Gasteiger partial charge on any atom is -0.415 e. The van der Waals surface area contributed by atoms with Gasteiger partial charge in [0.25, 0.3) is 0 Å². The van der Waals surface area contributed by atoms with E-state index in [0.717, 1.165) is 17.5 Å². The molecule has 0 radical (unpaired) electrons. The number of alkyl halides is 2. The number of nitriles is 1. The van der Waals surface area contributed by atoms with Crippen molar-refractivity contribution in [3.05, 3.63) is 41.5 Å². The molecule has 3 rings (SSSR count). The molecular weight excluding hydrogens is 384 g/mol. The van der Waals surface area contributed by atoms with Crippen LogP contribution in [0, 0.1) is 18.3 Å². The summed E-state index contributed by atoms with van der Waals surface area (Å²) >= 11 is 0. The number of hydrogen-bond donors (Lipinski definition) is 2. The Labute approximate surface area is 164 Å². The number of nitrogens with zero attached hydrogens (tertiary/aromatic N) is 5. The highest BCUT2D eigenvalue weighted by Crippen LogP contribution is 2.28. The summed E-state index contributed by atoms with van der Waals surface area (Å²) in [6.07, 6.45) is 4.41. The molecule has 9 nitrogen and oxygen atoms in total. The average Bonchev–Trinajstić information content (AvgIpc) is 3.02. The Morgan fingerprint density at radius 2 is 2.07 bits per heavy atom. The summed E-state index contributed by atoms with van der Waals surface area (Å²) < 4.78 is 30.5. The fourth-order valence-corrected chi connectivity index (χ4v) is 2.80. The number of anilines is 2. The summed E-state index contributed by atoms with van der Waals surface area (Å²) in [5, 5.41) is 18.5. The molecule has 150 valence electrons. The molecule has 0 aromatic carbocycles. The smallest absolute Gasteiger partial charge is 0.388 e. The molecule has 0 saturated heterocycles. The number of amides is 2. The first kappa shape index (κ1) is 19.9. The quantitative estimate of drug-likeness (QED) is 0.674. The van der Waals surface area contributed by atoms with Crippen LogP contribution in [0.5, 0.6) is 5.88 Å². The Morgan fingerprint density at radius 1 is 1.31 bits per heavy atom. The van der Waals surface area contributed by atoms with Gasteiger partial charge in [0.1, 0.15) is 11.6 Å². The maximum atomic E-state index is 12.4. The summed E-state index contributed by atoms with van der Waals surface area (Å²) in [5.74, 6) is -0.463. The van der Waals surface area contributed by atoms with Gasteiger partial charge in [0.2, 0.25) is 5.88 Å². The molecular formula is C18H17F2N7O2. The van der Waals surface area contributed by atoms with Crippen LogP contribution < -0.4 is 15.4 Å². The maximum Gasteiger partial charge on any atom is 0.388 e. The number of urea groups is 1. The van der Waals surface area contributed by atoms with Gasteiger partial charge >= 0.3 is 12.6 Å². The molecule has 29 heavy (non-hydrogen) atoms. The number of imidazole rings is 1. The van der Waals surface area contributed by atoms with E-state index in [2.05, 4.69) is 30.4 Å². The third kappa shape index (κ3) is 4.37. The number of pyridine rings is 1. The standard InChI is InChI=1S/C18H17F2N7O2/c1-9(2)14-13(7-23-27-8-10(3)24-15(14)27)26-18(28)25-12-4-11(5-21)16(22-6-12)29-17(19)20/h4,6-9,17H,1-3H3,(H2,25,26,28). The minimum atomic E-state index is -3.11. The number of rotatable bonds is 5. The Morgan fingerprint density at radius 3 is 2.72 bits per heavy atom. The van der Waals surface area contributed by atoms with Crippen LogP contribution in [0.4, 0.5) is 25.0 Å². The SMILES string of the molecule is Cc1cn2ncc(NC(=O)Nc3cnc(OC(F)F)c(C#N)c3)c(C(C)C)c2n1. The molecule has 2 N–H and O–H groups in total. The van der Waals surface area contributed by atoms with E-state index in [-0.39, 0.29) is 17.2 Å². The molecule has 3 aromatic heterocycles. The average molecular weight is 401 g/mol. The van der Waals surface area contributed by atoms with Crippen LogP contribution in [0.25, 0.3) is 5.65 Å². The zero-order chi connectivity index (χ0) is 21.1. The molecule has 0 aliphatic carbocycles. The summed E-state index contributed by atoms with van der Waals surface area (Å²) in [6.45, 7) is 2.67. The van der Waals surface area contributed by atoms with Gasteiger partial charge in [-0.15, -0.1) is 0 Å². The number of carbonyl (C=O) groups is 1. The van der Waals surface area contributed by atoms with Gasteiger partial charge < -0.3 is 15.4 Å². The second kappa shape index (κ2) is 8.05. The predicted octanol–water partition coefficient (Wildman–Crippen LogP) is 3.67. The lowest BCUT2D eigenvalue weighted by molar-refractivity contribution is -0.0530. The predicted molar refractivity (Wildman–Crippen MR) is 100 cm³/mol. The van der Waals surface area contributed by atoms with Crippen molar-refractivity contribution in [1.82, 2.24) is 19.6 Å². The Balaban J connectivity index is 1.83. The van der Waals surface area contributed by atoms with Crippen LogP contribution in [0.3, 0.4) is 0 Å². The van der Waals surface area contributed by atoms with Gasteiger partial charge in [0, 0.05) is 5.56 Å². The lowest BCUT2D eigenvalue weighted by atomic mass is 10.0. The number of aryl methyl sites for hydroxylation is 1. The van der Waals surface area contributed by atoms with Crippen molar-refractivity contribution in [3.8, 4) is 11.9 Å². The minimum absolute atomic E-state index is 0.0511. The summed E-state index contributed by atoms with van der Waals surface area (Å²) in [7, 11) is 0. The third-order valence-corrected chi connectivity index (χ3v) is 3.91. The molecule has 0 aliphatic heterocycles. The molecule has 11 heteroatoms. The second-order valence-corrected chi connectivity index (χ2v) is 6.42. The number of aromatic nitrogens is 4. The van der Waals surface area contributed by atoms with Gasteiger partial charge in [-0.05, 0) is 18.9 Å². The van der Waals surface area contributed by atoms with Gasteiger partial charge in [-0.25, -0.2) is 19.3 Å². The van der Waals surface area contributed by atoms with E-state index < -0.39 is 18.5 Å². The molecule has 3 aromatic rings. The molecule has 0 unspecified atom stereocenters. The topological polar surface area (TPSA) is 117 Å². The van der Waals surface area contributed by atoms with Crippen molar-refractivity contribution in [2.24, 2.45) is 0 Å². The van der Waals surface area contributed by atoms with Crippen molar-refractivity contribution < 1.29 is 18.3 Å². The molecule has 3 heterocycles. The largest absolute Gasteiger partial charge is 0.415 e. The molecule has 0 aliphatic rings. The monoisotopic (exact) mass is 401 g/mol. The number of fused-ring (bicyclic) bond motifs is 1. The Bertz CT molecular complexity index is 1110. The third-order valence-electron chi connectivity index (χ3n) is 3.91. The molecule has 0 atom stereocenters. The van der Waals surface area contributed by atoms with E-state index in [4.69, 9.17) is 5.26 Å². The van der Waals surface area contributed by atoms with Crippen molar-refractivity contribution in [2.45, 2.75) is 33.3 Å². The summed E-state index contributed by atoms with van der Waals surface area (Å²) in [5.41, 5.74) is 2.61. The van der Waals surface area contributed by atoms with E-state index in [9.17, 15) is 13.6 Å². The Hall–Kier alpha value is -3.81. The van der Waals surface area contributed by atoms with E-state index in [1.54, 1.807) is 16.8 Å². The number of nitrogens with one attached hydrogen (secondary N) is 2. The van der Waals surface area contributed by atoms with Crippen LogP contribution in [0.15, 0.2) is 24.7 Å². The number of hydrogen-bond acceptors (Lipinski definition) is 6. The number of carbonyl (C=O) groups excluding carboxylic acids is 1. The molecule has 0 spiro atoms. The van der Waals surface area contributed by atoms with Crippen LogP contribution in [0.1, 0.15) is 36.6 Å². The Kier molecular flexibility index (Phi) is 5.54. The van der Waals surface area contributed by atoms with E-state index in [1.165, 1.54) is 12.3 Å². The first-order valence-electron chi connectivity index (χ1n) is 8.56. The maximum absolute atomic E-state index is 12.4. The van der Waals surface area contributed by atoms with E-state index >= 15 is 0 Å². The number of halogens is 2. The zero-order valence-corrected chi connectivity index (χ0v) is 15.8. The van der Waals surface area contributed by atoms with Crippen LogP contribution >= 0.6 is 0 Å². The molecule has 0 fully saturated rings. The van der Waals surface area contributed by atoms with Crippen LogP contribution in [-0.4, -0.2) is 32.2 Å². The summed E-state index contributed by atoms with van der Waals surface area (Å²) in [4.78, 5) is 20.5. The first-order chi connectivity index (χ1) is 13.8. The lowest BCUT2D eigenvalue weighted by Gasteiger charge is -2.15. The molecule has 0 saturated carbocycles. The zero-order valence-electron chi connectivity index (χ0n) is 15.8. The van der Waals surface area contributed by atoms with Gasteiger partial charge in [0.05, 0.1) is 35.7 Å². The highest BCUT2D eigenvalue weighted by molar-refractivity contribution is 6.00. The number of ether oxygens (including phenoxy) is 1. The fraction of sp³-hybridized carbons (Fsp3) is 0.278. The van der Waals surface area contributed by atoms with Crippen molar-refractivity contribution >= 4 is 23.1 Å². The normalized spacial score (nSPS) is 11.0. The van der Waals surface area contributed by atoms with Gasteiger partial charge in [0.15, 0.2) is 5.65 Å². The summed E-state index contributed by atoms with van der Waals surface area (Å²) in [6, 6.07) is 2.27. The van der Waals surface area contributed by atoms with Gasteiger partial charge in [-0.3, -0.25) is 0 Å². The highest BCUT2D eigenvalue weighted by atomic mass is 19.3. The van der Waals surface area contributed by atoms with Crippen LogP contribution in [0.2, 0.25) is 0 Å². The molecule has 2 amide bonds. The second-order valence-electron chi connectivity index (χ2n) is 6.42. The first-order valence-corrected chi connectivity index (χ1v) is 8.56. The van der Waals surface area contributed by atoms with Crippen molar-refractivity contribution in [1.29, 1.82) is 5.26 Å².